The fraction of sp³-hybridized carbons (Fsp3) is 0.529. The Morgan fingerprint density at radius 3 is 2.88 bits per heavy atom. The number of rotatable bonds is 4. The molecule has 3 N–H and O–H groups in total. The van der Waals surface area contributed by atoms with Gasteiger partial charge in [-0.15, -0.1) is 12.4 Å². The molecule has 3 rings (SSSR count). The van der Waals surface area contributed by atoms with E-state index in [0.29, 0.717) is 23.9 Å². The standard InChI is InChI=1S/C17H23N3O3.ClH/c1-11-17(22)20(14-7-2-3-8-15(14)23-11)10-16(21)19-13-6-4-5-12(13)9-18;/h2-3,7-8,11-13H,4-6,9-10,18H2,1H3,(H,19,21);1H. The van der Waals surface area contributed by atoms with Gasteiger partial charge in [-0.2, -0.15) is 0 Å². The molecule has 2 amide bonds. The zero-order valence-corrected chi connectivity index (χ0v) is 14.6. The summed E-state index contributed by atoms with van der Waals surface area (Å²) in [7, 11) is 0. The van der Waals surface area contributed by atoms with Crippen LogP contribution in [0.4, 0.5) is 5.69 Å². The third kappa shape index (κ3) is 3.65. The Morgan fingerprint density at radius 1 is 1.38 bits per heavy atom. The molecule has 1 aliphatic carbocycles. The molecule has 0 saturated heterocycles. The van der Waals surface area contributed by atoms with Gasteiger partial charge in [-0.1, -0.05) is 18.6 Å². The first-order chi connectivity index (χ1) is 11.1. The summed E-state index contributed by atoms with van der Waals surface area (Å²) >= 11 is 0. The highest BCUT2D eigenvalue weighted by atomic mass is 35.5. The Kier molecular flexibility index (Phi) is 6.07. The summed E-state index contributed by atoms with van der Waals surface area (Å²) in [5.41, 5.74) is 6.40. The maximum Gasteiger partial charge on any atom is 0.268 e. The number of halogens is 1. The third-order valence-electron chi connectivity index (χ3n) is 4.68. The van der Waals surface area contributed by atoms with Crippen LogP contribution in [0, 0.1) is 5.92 Å². The molecule has 1 aromatic rings. The molecule has 24 heavy (non-hydrogen) atoms. The average Bonchev–Trinajstić information content (AvgIpc) is 2.98. The van der Waals surface area contributed by atoms with E-state index < -0.39 is 6.10 Å². The summed E-state index contributed by atoms with van der Waals surface area (Å²) in [6.07, 6.45) is 2.51. The lowest BCUT2D eigenvalue weighted by Crippen LogP contribution is -2.50. The van der Waals surface area contributed by atoms with E-state index in [1.165, 1.54) is 4.90 Å². The number of carbonyl (C=O) groups is 2. The van der Waals surface area contributed by atoms with Gasteiger partial charge in [0.1, 0.15) is 12.3 Å². The molecule has 0 bridgehead atoms. The number of carbonyl (C=O) groups excluding carboxylic acids is 2. The van der Waals surface area contributed by atoms with E-state index in [9.17, 15) is 9.59 Å². The fourth-order valence-electron chi connectivity index (χ4n) is 3.43. The Balaban J connectivity index is 0.00000208. The summed E-state index contributed by atoms with van der Waals surface area (Å²) in [5, 5.41) is 3.04. The van der Waals surface area contributed by atoms with Gasteiger partial charge in [0.25, 0.3) is 5.91 Å². The van der Waals surface area contributed by atoms with Crippen LogP contribution in [-0.2, 0) is 9.59 Å². The molecule has 1 heterocycles. The minimum atomic E-state index is -0.582. The van der Waals surface area contributed by atoms with Crippen LogP contribution < -0.4 is 20.7 Å². The van der Waals surface area contributed by atoms with Crippen molar-refractivity contribution < 1.29 is 14.3 Å². The highest BCUT2D eigenvalue weighted by Gasteiger charge is 2.34. The van der Waals surface area contributed by atoms with E-state index in [4.69, 9.17) is 10.5 Å². The number of anilines is 1. The van der Waals surface area contributed by atoms with E-state index in [1.54, 1.807) is 13.0 Å². The van der Waals surface area contributed by atoms with Gasteiger partial charge in [0.05, 0.1) is 5.69 Å². The molecule has 0 radical (unpaired) electrons. The number of nitrogens with one attached hydrogen (secondary N) is 1. The molecule has 1 aliphatic heterocycles. The van der Waals surface area contributed by atoms with Gasteiger partial charge < -0.3 is 15.8 Å². The maximum atomic E-state index is 12.4. The second-order valence-corrected chi connectivity index (χ2v) is 6.25. The highest BCUT2D eigenvalue weighted by molar-refractivity contribution is 6.03. The van der Waals surface area contributed by atoms with Gasteiger partial charge in [-0.25, -0.2) is 0 Å². The van der Waals surface area contributed by atoms with Gasteiger partial charge in [0.2, 0.25) is 5.91 Å². The van der Waals surface area contributed by atoms with Crippen molar-refractivity contribution in [2.45, 2.75) is 38.3 Å². The van der Waals surface area contributed by atoms with Crippen LogP contribution in [-0.4, -0.2) is 37.0 Å². The van der Waals surface area contributed by atoms with Crippen LogP contribution >= 0.6 is 12.4 Å². The zero-order valence-electron chi connectivity index (χ0n) is 13.7. The molecule has 7 heteroatoms. The Bertz CT molecular complexity index is 610. The summed E-state index contributed by atoms with van der Waals surface area (Å²) in [4.78, 5) is 26.3. The number of amides is 2. The van der Waals surface area contributed by atoms with Crippen molar-refractivity contribution in [3.05, 3.63) is 24.3 Å². The van der Waals surface area contributed by atoms with Crippen LogP contribution in [0.3, 0.4) is 0 Å². The van der Waals surface area contributed by atoms with E-state index >= 15 is 0 Å². The predicted molar refractivity (Wildman–Crippen MR) is 94.5 cm³/mol. The Hall–Kier alpha value is -1.79. The minimum absolute atomic E-state index is 0. The first-order valence-corrected chi connectivity index (χ1v) is 8.16. The molecule has 3 unspecified atom stereocenters. The molecule has 1 saturated carbocycles. The first-order valence-electron chi connectivity index (χ1n) is 8.16. The fourth-order valence-corrected chi connectivity index (χ4v) is 3.43. The summed E-state index contributed by atoms with van der Waals surface area (Å²) in [5.74, 6) is 0.631. The summed E-state index contributed by atoms with van der Waals surface area (Å²) in [6, 6.07) is 7.41. The Morgan fingerprint density at radius 2 is 2.12 bits per heavy atom. The highest BCUT2D eigenvalue weighted by Crippen LogP contribution is 2.33. The smallest absolute Gasteiger partial charge is 0.268 e. The number of hydrogen-bond acceptors (Lipinski definition) is 4. The normalized spacial score (nSPS) is 25.5. The third-order valence-corrected chi connectivity index (χ3v) is 4.68. The number of hydrogen-bond donors (Lipinski definition) is 2. The van der Waals surface area contributed by atoms with Crippen LogP contribution in [0.1, 0.15) is 26.2 Å². The monoisotopic (exact) mass is 353 g/mol. The molecule has 1 fully saturated rings. The van der Waals surface area contributed by atoms with Gasteiger partial charge in [-0.05, 0) is 44.4 Å². The zero-order chi connectivity index (χ0) is 16.4. The van der Waals surface area contributed by atoms with Crippen LogP contribution in [0.2, 0.25) is 0 Å². The molecule has 0 aromatic heterocycles. The van der Waals surface area contributed by atoms with Crippen LogP contribution in [0.5, 0.6) is 5.75 Å². The van der Waals surface area contributed by atoms with E-state index in [2.05, 4.69) is 5.32 Å². The molecule has 2 aliphatic rings. The number of fused-ring (bicyclic) bond motifs is 1. The predicted octanol–water partition coefficient (Wildman–Crippen LogP) is 1.47. The van der Waals surface area contributed by atoms with Crippen molar-refractivity contribution in [2.75, 3.05) is 18.0 Å². The molecule has 6 nitrogen and oxygen atoms in total. The summed E-state index contributed by atoms with van der Waals surface area (Å²) < 4.78 is 5.58. The van der Waals surface area contributed by atoms with E-state index in [1.807, 2.05) is 18.2 Å². The molecule has 132 valence electrons. The van der Waals surface area contributed by atoms with Gasteiger partial charge in [0.15, 0.2) is 6.10 Å². The molecular weight excluding hydrogens is 330 g/mol. The van der Waals surface area contributed by atoms with Crippen molar-refractivity contribution in [1.82, 2.24) is 5.32 Å². The van der Waals surface area contributed by atoms with Crippen molar-refractivity contribution in [2.24, 2.45) is 11.7 Å². The second kappa shape index (κ2) is 7.85. The molecule has 3 atom stereocenters. The lowest BCUT2D eigenvalue weighted by atomic mass is 10.0. The molecule has 0 spiro atoms. The lowest BCUT2D eigenvalue weighted by Gasteiger charge is -2.33. The van der Waals surface area contributed by atoms with Gasteiger partial charge in [0, 0.05) is 6.04 Å². The second-order valence-electron chi connectivity index (χ2n) is 6.25. The SMILES string of the molecule is CC1Oc2ccccc2N(CC(=O)NC2CCCC2CN)C1=O.Cl. The average molecular weight is 354 g/mol. The Labute approximate surface area is 148 Å². The summed E-state index contributed by atoms with van der Waals surface area (Å²) in [6.45, 7) is 2.29. The van der Waals surface area contributed by atoms with Gasteiger partial charge in [-0.3, -0.25) is 14.5 Å². The van der Waals surface area contributed by atoms with Crippen LogP contribution in [0.25, 0.3) is 0 Å². The number of para-hydroxylation sites is 2. The minimum Gasteiger partial charge on any atom is -0.479 e. The van der Waals surface area contributed by atoms with Crippen molar-refractivity contribution in [3.63, 3.8) is 0 Å². The number of nitrogens with zero attached hydrogens (tertiary/aromatic N) is 1. The lowest BCUT2D eigenvalue weighted by molar-refractivity contribution is -0.128. The number of nitrogens with two attached hydrogens (primary N) is 1. The number of ether oxygens (including phenoxy) is 1. The van der Waals surface area contributed by atoms with Gasteiger partial charge >= 0.3 is 0 Å². The molecule has 1 aromatic carbocycles. The van der Waals surface area contributed by atoms with E-state index in [-0.39, 0.29) is 36.8 Å². The van der Waals surface area contributed by atoms with Crippen molar-refractivity contribution in [1.29, 1.82) is 0 Å². The van der Waals surface area contributed by atoms with Crippen molar-refractivity contribution >= 4 is 29.9 Å². The quantitative estimate of drug-likeness (QED) is 0.858. The van der Waals surface area contributed by atoms with E-state index in [0.717, 1.165) is 19.3 Å². The topological polar surface area (TPSA) is 84.7 Å². The maximum absolute atomic E-state index is 12.4. The first kappa shape index (κ1) is 18.5. The van der Waals surface area contributed by atoms with Crippen molar-refractivity contribution in [3.8, 4) is 5.75 Å². The number of benzene rings is 1. The van der Waals surface area contributed by atoms with Crippen LogP contribution in [0.15, 0.2) is 24.3 Å². The largest absolute Gasteiger partial charge is 0.479 e. The molecular formula is C17H24ClN3O3.